The highest BCUT2D eigenvalue weighted by Gasteiger charge is 2.28. The predicted molar refractivity (Wildman–Crippen MR) is 163 cm³/mol. The van der Waals surface area contributed by atoms with Crippen LogP contribution in [-0.2, 0) is 22.6 Å². The molecule has 9 heteroatoms. The molecule has 0 aliphatic carbocycles. The van der Waals surface area contributed by atoms with Crippen molar-refractivity contribution in [1.82, 2.24) is 10.3 Å². The molecule has 0 fully saturated rings. The molecule has 0 radical (unpaired) electrons. The number of nitrogens with one attached hydrogen (secondary N) is 1. The van der Waals surface area contributed by atoms with Crippen LogP contribution in [-0.4, -0.2) is 41.7 Å². The second kappa shape index (κ2) is 15.6. The van der Waals surface area contributed by atoms with Gasteiger partial charge in [0.25, 0.3) is 5.91 Å². The number of pyridine rings is 1. The van der Waals surface area contributed by atoms with E-state index in [1.807, 2.05) is 31.2 Å². The summed E-state index contributed by atoms with van der Waals surface area (Å²) in [5, 5.41) is 12.6. The second-order valence-electron chi connectivity index (χ2n) is 9.64. The molecule has 0 saturated heterocycles. The number of nitrogens with zero attached hydrogens (tertiary/aromatic N) is 2. The maximum Gasteiger partial charge on any atom is 0.305 e. The summed E-state index contributed by atoms with van der Waals surface area (Å²) in [5.41, 5.74) is 3.92. The zero-order valence-electron chi connectivity index (χ0n) is 23.4. The van der Waals surface area contributed by atoms with Crippen molar-refractivity contribution < 1.29 is 24.2 Å². The van der Waals surface area contributed by atoms with Crippen LogP contribution in [0.25, 0.3) is 0 Å². The summed E-state index contributed by atoms with van der Waals surface area (Å²) >= 11 is 6.31. The normalized spacial score (nSPS) is 12.8. The molecule has 0 saturated carbocycles. The highest BCUT2D eigenvalue weighted by atomic mass is 35.5. The van der Waals surface area contributed by atoms with Crippen LogP contribution in [0.1, 0.15) is 36.3 Å². The number of hydrogen-bond acceptors (Lipinski definition) is 6. The molecule has 1 atom stereocenters. The Labute approximate surface area is 250 Å². The van der Waals surface area contributed by atoms with E-state index in [9.17, 15) is 9.59 Å². The number of hydrogen-bond donors (Lipinski definition) is 2. The van der Waals surface area contributed by atoms with Gasteiger partial charge < -0.3 is 24.8 Å². The number of anilines is 1. The number of carbonyl (C=O) groups is 2. The molecule has 218 valence electrons. The van der Waals surface area contributed by atoms with Crippen molar-refractivity contribution >= 4 is 29.2 Å². The van der Waals surface area contributed by atoms with Crippen molar-refractivity contribution in [3.63, 3.8) is 0 Å². The molecular formula is C33H34ClN3O5. The topological polar surface area (TPSA) is 101 Å². The minimum atomic E-state index is -0.985. The Morgan fingerprint density at radius 1 is 1.05 bits per heavy atom. The van der Waals surface area contributed by atoms with Gasteiger partial charge in [0.1, 0.15) is 17.6 Å². The molecule has 1 aromatic heterocycles. The monoisotopic (exact) mass is 587 g/mol. The van der Waals surface area contributed by atoms with Crippen LogP contribution in [0.4, 0.5) is 5.69 Å². The third kappa shape index (κ3) is 9.06. The van der Waals surface area contributed by atoms with Crippen molar-refractivity contribution in [1.29, 1.82) is 0 Å². The Morgan fingerprint density at radius 3 is 2.40 bits per heavy atom. The van der Waals surface area contributed by atoms with Gasteiger partial charge in [0, 0.05) is 25.4 Å². The zero-order chi connectivity index (χ0) is 29.7. The van der Waals surface area contributed by atoms with Crippen LogP contribution in [0.2, 0.25) is 5.02 Å². The number of halogens is 1. The standard InChI is InChI=1S/C18H17ClN2O5.C15H17N/c1-11(13-4-2-3-6-20-13)26-15-9-16-14(8-12(15)19)21(7-5-18(23)24)17(22)10-25-16;1-3-7-14(8-4-1)11-12-16-13-15-9-5-2-6-10-15/h2-4,6,8-9,11H,5,7,10H2,1H3,(H,23,24);1-10,16H,11-13H2/t11-;/m1./s1. The van der Waals surface area contributed by atoms with E-state index in [1.54, 1.807) is 18.3 Å². The van der Waals surface area contributed by atoms with Crippen molar-refractivity contribution in [2.75, 3.05) is 24.6 Å². The Hall–Kier alpha value is -4.40. The van der Waals surface area contributed by atoms with Crippen LogP contribution in [0.3, 0.4) is 0 Å². The Bertz CT molecular complexity index is 1400. The van der Waals surface area contributed by atoms with E-state index in [4.69, 9.17) is 26.2 Å². The molecule has 8 nitrogen and oxygen atoms in total. The summed E-state index contributed by atoms with van der Waals surface area (Å²) in [7, 11) is 0. The fourth-order valence-corrected chi connectivity index (χ4v) is 4.52. The molecule has 2 N–H and O–H groups in total. The molecule has 1 amide bonds. The number of aromatic nitrogens is 1. The molecule has 4 aromatic rings. The molecule has 2 heterocycles. The van der Waals surface area contributed by atoms with E-state index in [2.05, 4.69) is 64.9 Å². The number of benzene rings is 3. The Kier molecular flexibility index (Phi) is 11.3. The van der Waals surface area contributed by atoms with Crippen LogP contribution in [0.15, 0.2) is 97.2 Å². The quantitative estimate of drug-likeness (QED) is 0.205. The van der Waals surface area contributed by atoms with E-state index >= 15 is 0 Å². The molecule has 0 unspecified atom stereocenters. The van der Waals surface area contributed by atoms with Crippen LogP contribution >= 0.6 is 11.6 Å². The first kappa shape index (κ1) is 30.6. The van der Waals surface area contributed by atoms with E-state index in [0.29, 0.717) is 22.2 Å². The third-order valence-corrected chi connectivity index (χ3v) is 6.81. The van der Waals surface area contributed by atoms with E-state index < -0.39 is 5.97 Å². The van der Waals surface area contributed by atoms with Gasteiger partial charge in [-0.15, -0.1) is 0 Å². The minimum absolute atomic E-state index is 0.0470. The van der Waals surface area contributed by atoms with Crippen LogP contribution in [0.5, 0.6) is 11.5 Å². The Morgan fingerprint density at radius 2 is 1.74 bits per heavy atom. The molecule has 1 aliphatic heterocycles. The number of carboxylic acids is 1. The van der Waals surface area contributed by atoms with Gasteiger partial charge in [0.2, 0.25) is 0 Å². The van der Waals surface area contributed by atoms with Crippen LogP contribution < -0.4 is 19.7 Å². The maximum atomic E-state index is 12.1. The summed E-state index contributed by atoms with van der Waals surface area (Å²) in [6.07, 6.45) is 2.27. The van der Waals surface area contributed by atoms with Gasteiger partial charge in [-0.05, 0) is 49.2 Å². The summed E-state index contributed by atoms with van der Waals surface area (Å²) in [6, 6.07) is 29.8. The molecule has 0 bridgehead atoms. The maximum absolute atomic E-state index is 12.1. The first-order valence-electron chi connectivity index (χ1n) is 13.8. The number of ether oxygens (including phenoxy) is 2. The molecule has 42 heavy (non-hydrogen) atoms. The number of aliphatic carboxylic acids is 1. The molecular weight excluding hydrogens is 554 g/mol. The van der Waals surface area contributed by atoms with Gasteiger partial charge in [0.15, 0.2) is 6.61 Å². The fraction of sp³-hybridized carbons (Fsp3) is 0.242. The third-order valence-electron chi connectivity index (χ3n) is 6.52. The molecule has 1 aliphatic rings. The number of carbonyl (C=O) groups excluding carboxylic acids is 1. The lowest BCUT2D eigenvalue weighted by atomic mass is 10.1. The largest absolute Gasteiger partial charge is 0.483 e. The van der Waals surface area contributed by atoms with Gasteiger partial charge in [-0.25, -0.2) is 0 Å². The van der Waals surface area contributed by atoms with Gasteiger partial charge in [-0.2, -0.15) is 0 Å². The predicted octanol–water partition coefficient (Wildman–Crippen LogP) is 6.09. The van der Waals surface area contributed by atoms with Gasteiger partial charge >= 0.3 is 5.97 Å². The van der Waals surface area contributed by atoms with Crippen LogP contribution in [0, 0.1) is 0 Å². The highest BCUT2D eigenvalue weighted by Crippen LogP contribution is 2.41. The summed E-state index contributed by atoms with van der Waals surface area (Å²) in [5.74, 6) is -0.481. The lowest BCUT2D eigenvalue weighted by molar-refractivity contribution is -0.136. The van der Waals surface area contributed by atoms with E-state index in [0.717, 1.165) is 25.2 Å². The smallest absolute Gasteiger partial charge is 0.305 e. The number of rotatable bonds is 11. The van der Waals surface area contributed by atoms with Gasteiger partial charge in [-0.1, -0.05) is 78.3 Å². The van der Waals surface area contributed by atoms with Crippen molar-refractivity contribution in [3.05, 3.63) is 119 Å². The first-order valence-corrected chi connectivity index (χ1v) is 14.1. The van der Waals surface area contributed by atoms with Crippen molar-refractivity contribution in [2.45, 2.75) is 32.4 Å². The summed E-state index contributed by atoms with van der Waals surface area (Å²) in [6.45, 7) is 3.71. The summed E-state index contributed by atoms with van der Waals surface area (Å²) < 4.78 is 11.3. The lowest BCUT2D eigenvalue weighted by Gasteiger charge is -2.30. The lowest BCUT2D eigenvalue weighted by Crippen LogP contribution is -2.40. The minimum Gasteiger partial charge on any atom is -0.483 e. The number of fused-ring (bicyclic) bond motifs is 1. The number of carboxylic acid groups (broad SMARTS) is 1. The zero-order valence-corrected chi connectivity index (χ0v) is 24.2. The molecule has 5 rings (SSSR count). The van der Waals surface area contributed by atoms with E-state index in [1.165, 1.54) is 16.0 Å². The van der Waals surface area contributed by atoms with Crippen molar-refractivity contribution in [2.24, 2.45) is 0 Å². The first-order chi connectivity index (χ1) is 20.4. The average molecular weight is 588 g/mol. The Balaban J connectivity index is 0.000000216. The SMILES string of the molecule is C[C@@H](Oc1cc2c(cc1Cl)N(CCC(=O)O)C(=O)CO2)c1ccccn1.c1ccc(CCNCc2ccccc2)cc1. The highest BCUT2D eigenvalue weighted by molar-refractivity contribution is 6.32. The van der Waals surface area contributed by atoms with Gasteiger partial charge in [-0.3, -0.25) is 14.6 Å². The fourth-order valence-electron chi connectivity index (χ4n) is 4.32. The average Bonchev–Trinajstić information content (AvgIpc) is 3.01. The van der Waals surface area contributed by atoms with Crippen molar-refractivity contribution in [3.8, 4) is 11.5 Å². The van der Waals surface area contributed by atoms with Gasteiger partial charge in [0.05, 0.1) is 22.8 Å². The summed E-state index contributed by atoms with van der Waals surface area (Å²) in [4.78, 5) is 28.5. The number of amides is 1. The molecule has 3 aromatic carbocycles. The second-order valence-corrected chi connectivity index (χ2v) is 10.0. The molecule has 0 spiro atoms. The van der Waals surface area contributed by atoms with E-state index in [-0.39, 0.29) is 31.6 Å².